The Morgan fingerprint density at radius 2 is 2.10 bits per heavy atom. The summed E-state index contributed by atoms with van der Waals surface area (Å²) >= 11 is 3.34. The fraction of sp³-hybridized carbons (Fsp3) is 0.250. The highest BCUT2D eigenvalue weighted by molar-refractivity contribution is 8.01. The van der Waals surface area contributed by atoms with E-state index in [0.29, 0.717) is 0 Å². The van der Waals surface area contributed by atoms with Crippen LogP contribution >= 0.6 is 23.1 Å². The van der Waals surface area contributed by atoms with Crippen LogP contribution in [0.4, 0.5) is 0 Å². The van der Waals surface area contributed by atoms with Crippen LogP contribution in [-0.2, 0) is 6.54 Å². The third-order valence-corrected chi connectivity index (χ3v) is 5.07. The number of aromatic nitrogens is 2. The van der Waals surface area contributed by atoms with Crippen molar-refractivity contribution < 1.29 is 0 Å². The first-order valence-electron chi connectivity index (χ1n) is 7.04. The Morgan fingerprint density at radius 3 is 2.86 bits per heavy atom. The van der Waals surface area contributed by atoms with Crippen LogP contribution in [0, 0.1) is 0 Å². The molecule has 0 saturated heterocycles. The largest absolute Gasteiger partial charge is 0.313 e. The van der Waals surface area contributed by atoms with E-state index in [-0.39, 0.29) is 0 Å². The zero-order valence-electron chi connectivity index (χ0n) is 11.9. The van der Waals surface area contributed by atoms with E-state index in [1.165, 1.54) is 10.3 Å². The van der Waals surface area contributed by atoms with Crippen LogP contribution in [0.1, 0.15) is 18.9 Å². The van der Waals surface area contributed by atoms with Crippen LogP contribution in [0.25, 0.3) is 10.2 Å². The zero-order chi connectivity index (χ0) is 14.5. The molecule has 1 aromatic carbocycles. The van der Waals surface area contributed by atoms with Gasteiger partial charge in [-0.15, -0.1) is 11.3 Å². The third-order valence-electron chi connectivity index (χ3n) is 3.02. The maximum absolute atomic E-state index is 4.62. The Balaban J connectivity index is 1.67. The van der Waals surface area contributed by atoms with Gasteiger partial charge in [0.1, 0.15) is 5.03 Å². The number of nitrogens with one attached hydrogen (secondary N) is 1. The number of benzene rings is 1. The van der Waals surface area contributed by atoms with Crippen LogP contribution < -0.4 is 5.32 Å². The number of thiazole rings is 1. The van der Waals surface area contributed by atoms with E-state index in [4.69, 9.17) is 0 Å². The molecule has 0 atom stereocenters. The molecule has 0 aliphatic carbocycles. The van der Waals surface area contributed by atoms with E-state index in [9.17, 15) is 0 Å². The van der Waals surface area contributed by atoms with Gasteiger partial charge in [0.2, 0.25) is 0 Å². The molecule has 0 aliphatic rings. The molecule has 0 bridgehead atoms. The second-order valence-corrected chi connectivity index (χ2v) is 7.03. The van der Waals surface area contributed by atoms with Gasteiger partial charge in [-0.2, -0.15) is 0 Å². The number of fused-ring (bicyclic) bond motifs is 1. The highest BCUT2D eigenvalue weighted by Gasteiger charge is 2.06. The van der Waals surface area contributed by atoms with Crippen molar-refractivity contribution >= 4 is 33.3 Å². The summed E-state index contributed by atoms with van der Waals surface area (Å²) in [7, 11) is 0. The zero-order valence-corrected chi connectivity index (χ0v) is 13.5. The van der Waals surface area contributed by atoms with Crippen molar-refractivity contribution in [1.29, 1.82) is 0 Å². The normalized spacial score (nSPS) is 11.1. The molecule has 3 rings (SSSR count). The van der Waals surface area contributed by atoms with E-state index in [0.717, 1.165) is 34.4 Å². The smallest absolute Gasteiger partial charge is 0.157 e. The van der Waals surface area contributed by atoms with Crippen molar-refractivity contribution in [3.8, 4) is 0 Å². The van der Waals surface area contributed by atoms with Gasteiger partial charge in [-0.3, -0.25) is 0 Å². The highest BCUT2D eigenvalue weighted by Crippen LogP contribution is 2.33. The first-order valence-corrected chi connectivity index (χ1v) is 8.67. The van der Waals surface area contributed by atoms with Crippen molar-refractivity contribution in [1.82, 2.24) is 15.3 Å². The van der Waals surface area contributed by atoms with Gasteiger partial charge >= 0.3 is 0 Å². The maximum Gasteiger partial charge on any atom is 0.157 e. The average Bonchev–Trinajstić information content (AvgIpc) is 2.91. The first kappa shape index (κ1) is 14.5. The molecule has 0 fully saturated rings. The highest BCUT2D eigenvalue weighted by atomic mass is 32.2. The molecule has 0 saturated carbocycles. The third kappa shape index (κ3) is 3.81. The monoisotopic (exact) mass is 315 g/mol. The summed E-state index contributed by atoms with van der Waals surface area (Å²) in [6, 6.07) is 12.4. The van der Waals surface area contributed by atoms with Crippen molar-refractivity contribution in [2.45, 2.75) is 29.3 Å². The molecule has 0 unspecified atom stereocenters. The Labute approximate surface area is 132 Å². The Bertz CT molecular complexity index is 674. The van der Waals surface area contributed by atoms with Crippen molar-refractivity contribution in [2.24, 2.45) is 0 Å². The van der Waals surface area contributed by atoms with Gasteiger partial charge in [0, 0.05) is 12.7 Å². The van der Waals surface area contributed by atoms with Gasteiger partial charge in [-0.1, -0.05) is 25.1 Å². The van der Waals surface area contributed by atoms with Crippen LogP contribution in [-0.4, -0.2) is 16.5 Å². The lowest BCUT2D eigenvalue weighted by Crippen LogP contribution is -2.13. The molecule has 21 heavy (non-hydrogen) atoms. The standard InChI is InChI=1S/C16H17N3S2/c1-2-9-17-10-12-7-8-15(18-11-12)21-16-19-13-5-3-4-6-14(13)20-16/h3-8,11,17H,2,9-10H2,1H3. The fourth-order valence-corrected chi connectivity index (χ4v) is 3.92. The number of hydrogen-bond donors (Lipinski definition) is 1. The Morgan fingerprint density at radius 1 is 1.19 bits per heavy atom. The number of para-hydroxylation sites is 1. The van der Waals surface area contributed by atoms with Gasteiger partial charge in [0.25, 0.3) is 0 Å². The summed E-state index contributed by atoms with van der Waals surface area (Å²) in [5.74, 6) is 0. The maximum atomic E-state index is 4.62. The molecule has 2 aromatic heterocycles. The van der Waals surface area contributed by atoms with E-state index in [2.05, 4.69) is 40.4 Å². The van der Waals surface area contributed by atoms with E-state index in [1.54, 1.807) is 23.1 Å². The van der Waals surface area contributed by atoms with E-state index in [1.807, 2.05) is 24.4 Å². The first-order chi connectivity index (χ1) is 10.3. The number of nitrogens with zero attached hydrogens (tertiary/aromatic N) is 2. The van der Waals surface area contributed by atoms with Gasteiger partial charge in [0.05, 0.1) is 10.2 Å². The van der Waals surface area contributed by atoms with Crippen LogP contribution in [0.3, 0.4) is 0 Å². The molecular formula is C16H17N3S2. The fourth-order valence-electron chi connectivity index (χ4n) is 1.97. The summed E-state index contributed by atoms with van der Waals surface area (Å²) in [6.07, 6.45) is 3.09. The number of pyridine rings is 1. The van der Waals surface area contributed by atoms with Crippen molar-refractivity contribution in [2.75, 3.05) is 6.54 Å². The van der Waals surface area contributed by atoms with Gasteiger partial charge in [-0.25, -0.2) is 9.97 Å². The predicted octanol–water partition coefficient (Wildman–Crippen LogP) is 4.34. The average molecular weight is 315 g/mol. The van der Waals surface area contributed by atoms with Gasteiger partial charge in [0.15, 0.2) is 4.34 Å². The molecule has 0 radical (unpaired) electrons. The molecule has 3 aromatic rings. The summed E-state index contributed by atoms with van der Waals surface area (Å²) in [5, 5.41) is 4.37. The molecule has 108 valence electrons. The number of rotatable bonds is 6. The minimum atomic E-state index is 0.882. The molecule has 3 nitrogen and oxygen atoms in total. The molecule has 2 heterocycles. The Hall–Kier alpha value is -1.43. The number of hydrogen-bond acceptors (Lipinski definition) is 5. The summed E-state index contributed by atoms with van der Waals surface area (Å²) in [6.45, 7) is 4.10. The SMILES string of the molecule is CCCNCc1ccc(Sc2nc3ccccc3s2)nc1. The lowest BCUT2D eigenvalue weighted by molar-refractivity contribution is 0.673. The summed E-state index contributed by atoms with van der Waals surface area (Å²) in [4.78, 5) is 9.13. The van der Waals surface area contributed by atoms with Crippen LogP contribution in [0.2, 0.25) is 0 Å². The lowest BCUT2D eigenvalue weighted by Gasteiger charge is -2.03. The van der Waals surface area contributed by atoms with Gasteiger partial charge < -0.3 is 5.32 Å². The van der Waals surface area contributed by atoms with E-state index < -0.39 is 0 Å². The van der Waals surface area contributed by atoms with Crippen molar-refractivity contribution in [3.05, 3.63) is 48.2 Å². The topological polar surface area (TPSA) is 37.8 Å². The molecular weight excluding hydrogens is 298 g/mol. The Kier molecular flexibility index (Phi) is 4.85. The predicted molar refractivity (Wildman–Crippen MR) is 90.0 cm³/mol. The molecule has 0 spiro atoms. The molecule has 0 aliphatic heterocycles. The summed E-state index contributed by atoms with van der Waals surface area (Å²) < 4.78 is 2.26. The van der Waals surface area contributed by atoms with Crippen molar-refractivity contribution in [3.63, 3.8) is 0 Å². The molecule has 5 heteroatoms. The minimum absolute atomic E-state index is 0.882. The second kappa shape index (κ2) is 7.02. The van der Waals surface area contributed by atoms with Gasteiger partial charge in [-0.05, 0) is 48.5 Å². The summed E-state index contributed by atoms with van der Waals surface area (Å²) in [5.41, 5.74) is 2.28. The molecule has 1 N–H and O–H groups in total. The van der Waals surface area contributed by atoms with Crippen LogP contribution in [0.15, 0.2) is 52.0 Å². The quantitative estimate of drug-likeness (QED) is 0.687. The molecule has 0 amide bonds. The lowest BCUT2D eigenvalue weighted by atomic mass is 10.3. The van der Waals surface area contributed by atoms with E-state index >= 15 is 0 Å². The van der Waals surface area contributed by atoms with Crippen LogP contribution in [0.5, 0.6) is 0 Å². The second-order valence-electron chi connectivity index (χ2n) is 4.73. The minimum Gasteiger partial charge on any atom is -0.313 e.